The Morgan fingerprint density at radius 1 is 1.15 bits per heavy atom. The summed E-state index contributed by atoms with van der Waals surface area (Å²) in [5.74, 6) is -1.16. The van der Waals surface area contributed by atoms with Crippen LogP contribution in [-0.4, -0.2) is 33.5 Å². The third kappa shape index (κ3) is 4.78. The Labute approximate surface area is 152 Å². The minimum atomic E-state index is -0.965. The molecule has 1 amide bonds. The molecular formula is C19H23N3O4. The number of nitrogens with one attached hydrogen (secondary N) is 1. The van der Waals surface area contributed by atoms with E-state index in [9.17, 15) is 14.4 Å². The van der Waals surface area contributed by atoms with E-state index in [1.54, 1.807) is 42.9 Å². The van der Waals surface area contributed by atoms with Gasteiger partial charge in [-0.05, 0) is 20.8 Å². The third-order valence-electron chi connectivity index (χ3n) is 4.09. The highest BCUT2D eigenvalue weighted by Gasteiger charge is 2.21. The lowest BCUT2D eigenvalue weighted by molar-refractivity contribution is -0.153. The van der Waals surface area contributed by atoms with Gasteiger partial charge in [0.2, 0.25) is 0 Å². The van der Waals surface area contributed by atoms with Gasteiger partial charge in [0.05, 0.1) is 23.5 Å². The Morgan fingerprint density at radius 3 is 2.38 bits per heavy atom. The average molecular weight is 357 g/mol. The fourth-order valence-electron chi connectivity index (χ4n) is 2.47. The Kier molecular flexibility index (Phi) is 6.27. The first-order valence-corrected chi connectivity index (χ1v) is 8.38. The van der Waals surface area contributed by atoms with E-state index in [-0.39, 0.29) is 18.6 Å². The van der Waals surface area contributed by atoms with Crippen LogP contribution in [0.1, 0.15) is 41.5 Å². The normalized spacial score (nSPS) is 11.7. The van der Waals surface area contributed by atoms with Gasteiger partial charge < -0.3 is 10.1 Å². The molecule has 0 aliphatic carbocycles. The fraction of sp³-hybridized carbons (Fsp3) is 0.368. The number of hydrogen-bond acceptors (Lipinski definition) is 5. The second-order valence-corrected chi connectivity index (χ2v) is 6.08. The number of aryl methyl sites for hydroxylation is 2. The van der Waals surface area contributed by atoms with Crippen molar-refractivity contribution >= 4 is 23.3 Å². The summed E-state index contributed by atoms with van der Waals surface area (Å²) in [6.45, 7) is 5.11. The van der Waals surface area contributed by atoms with Gasteiger partial charge in [0, 0.05) is 19.0 Å². The molecule has 2 aromatic rings. The molecule has 0 aliphatic rings. The monoisotopic (exact) mass is 357 g/mol. The summed E-state index contributed by atoms with van der Waals surface area (Å²) in [4.78, 5) is 36.1. The molecule has 1 N–H and O–H groups in total. The van der Waals surface area contributed by atoms with Crippen LogP contribution in [0.15, 0.2) is 30.3 Å². The SMILES string of the molecule is Cc1nn(C)c(C)c1NC(=O)[C@H](C)OC(=O)CCC(=O)c1ccccc1. The van der Waals surface area contributed by atoms with Crippen LogP contribution < -0.4 is 5.32 Å². The van der Waals surface area contributed by atoms with Crippen LogP contribution in [0.5, 0.6) is 0 Å². The second-order valence-electron chi connectivity index (χ2n) is 6.08. The lowest BCUT2D eigenvalue weighted by Crippen LogP contribution is -2.30. The van der Waals surface area contributed by atoms with Gasteiger partial charge in [0.15, 0.2) is 11.9 Å². The van der Waals surface area contributed by atoms with Gasteiger partial charge in [0.1, 0.15) is 0 Å². The van der Waals surface area contributed by atoms with Crippen molar-refractivity contribution in [2.24, 2.45) is 7.05 Å². The van der Waals surface area contributed by atoms with Crippen LogP contribution in [0, 0.1) is 13.8 Å². The van der Waals surface area contributed by atoms with Gasteiger partial charge >= 0.3 is 5.97 Å². The molecule has 0 radical (unpaired) electrons. The van der Waals surface area contributed by atoms with Crippen molar-refractivity contribution in [3.63, 3.8) is 0 Å². The summed E-state index contributed by atoms with van der Waals surface area (Å²) < 4.78 is 6.79. The largest absolute Gasteiger partial charge is 0.453 e. The molecule has 2 rings (SSSR count). The summed E-state index contributed by atoms with van der Waals surface area (Å²) in [6, 6.07) is 8.74. The quantitative estimate of drug-likeness (QED) is 0.607. The molecule has 0 saturated carbocycles. The van der Waals surface area contributed by atoms with E-state index in [4.69, 9.17) is 4.74 Å². The third-order valence-corrected chi connectivity index (χ3v) is 4.09. The van der Waals surface area contributed by atoms with Crippen molar-refractivity contribution in [1.82, 2.24) is 9.78 Å². The van der Waals surface area contributed by atoms with Crippen molar-refractivity contribution in [2.75, 3.05) is 5.32 Å². The number of Topliss-reactive ketones (excluding diaryl/α,β-unsaturated/α-hetero) is 1. The Morgan fingerprint density at radius 2 is 1.81 bits per heavy atom. The van der Waals surface area contributed by atoms with Crippen LogP contribution in [0.4, 0.5) is 5.69 Å². The van der Waals surface area contributed by atoms with E-state index >= 15 is 0 Å². The average Bonchev–Trinajstić information content (AvgIpc) is 2.86. The molecular weight excluding hydrogens is 334 g/mol. The number of aromatic nitrogens is 2. The van der Waals surface area contributed by atoms with Crippen LogP contribution >= 0.6 is 0 Å². The summed E-state index contributed by atoms with van der Waals surface area (Å²) in [5, 5.41) is 6.95. The van der Waals surface area contributed by atoms with Crippen LogP contribution in [0.2, 0.25) is 0 Å². The maximum Gasteiger partial charge on any atom is 0.307 e. The number of ether oxygens (including phenoxy) is 1. The maximum absolute atomic E-state index is 12.2. The summed E-state index contributed by atoms with van der Waals surface area (Å²) in [6.07, 6.45) is -0.998. The topological polar surface area (TPSA) is 90.3 Å². The van der Waals surface area contributed by atoms with Crippen molar-refractivity contribution in [2.45, 2.75) is 39.7 Å². The maximum atomic E-state index is 12.2. The first kappa shape index (κ1) is 19.4. The highest BCUT2D eigenvalue weighted by molar-refractivity contribution is 5.98. The lowest BCUT2D eigenvalue weighted by Gasteiger charge is -2.13. The van der Waals surface area contributed by atoms with Gasteiger partial charge in [-0.2, -0.15) is 5.10 Å². The number of nitrogens with zero attached hydrogens (tertiary/aromatic N) is 2. The van der Waals surface area contributed by atoms with E-state index in [0.717, 1.165) is 5.69 Å². The molecule has 0 spiro atoms. The van der Waals surface area contributed by atoms with E-state index < -0.39 is 18.0 Å². The molecule has 7 heteroatoms. The molecule has 1 atom stereocenters. The lowest BCUT2D eigenvalue weighted by atomic mass is 10.1. The van der Waals surface area contributed by atoms with E-state index in [1.165, 1.54) is 6.92 Å². The second kappa shape index (κ2) is 8.42. The number of rotatable bonds is 7. The summed E-state index contributed by atoms with van der Waals surface area (Å²) in [5.41, 5.74) is 2.65. The number of hydrogen-bond donors (Lipinski definition) is 1. The number of esters is 1. The Balaban J connectivity index is 1.84. The minimum absolute atomic E-state index is 0.0397. The van der Waals surface area contributed by atoms with Gasteiger partial charge in [-0.1, -0.05) is 30.3 Å². The predicted molar refractivity (Wildman–Crippen MR) is 96.9 cm³/mol. The number of anilines is 1. The van der Waals surface area contributed by atoms with Crippen molar-refractivity contribution in [3.8, 4) is 0 Å². The van der Waals surface area contributed by atoms with Crippen molar-refractivity contribution in [3.05, 3.63) is 47.3 Å². The van der Waals surface area contributed by atoms with E-state index in [1.807, 2.05) is 13.0 Å². The molecule has 0 aliphatic heterocycles. The molecule has 0 unspecified atom stereocenters. The number of carbonyl (C=O) groups is 3. The molecule has 1 aromatic heterocycles. The van der Waals surface area contributed by atoms with Crippen molar-refractivity contribution < 1.29 is 19.1 Å². The smallest absolute Gasteiger partial charge is 0.307 e. The van der Waals surface area contributed by atoms with Crippen LogP contribution in [0.3, 0.4) is 0 Å². The molecule has 1 heterocycles. The number of carbonyl (C=O) groups excluding carboxylic acids is 3. The zero-order valence-corrected chi connectivity index (χ0v) is 15.4. The number of amides is 1. The Hall–Kier alpha value is -2.96. The van der Waals surface area contributed by atoms with Gasteiger partial charge in [-0.25, -0.2) is 0 Å². The fourth-order valence-corrected chi connectivity index (χ4v) is 2.47. The summed E-state index contributed by atoms with van der Waals surface area (Å²) >= 11 is 0. The molecule has 0 saturated heterocycles. The molecule has 7 nitrogen and oxygen atoms in total. The summed E-state index contributed by atoms with van der Waals surface area (Å²) in [7, 11) is 1.78. The number of ketones is 1. The Bertz CT molecular complexity index is 812. The van der Waals surface area contributed by atoms with E-state index in [2.05, 4.69) is 10.4 Å². The zero-order chi connectivity index (χ0) is 19.3. The van der Waals surface area contributed by atoms with E-state index in [0.29, 0.717) is 16.9 Å². The number of benzene rings is 1. The standard InChI is InChI=1S/C19H23N3O4/c1-12-18(13(2)22(4)21-12)20-19(25)14(3)26-17(24)11-10-16(23)15-8-6-5-7-9-15/h5-9,14H,10-11H2,1-4H3,(H,20,25)/t14-/m0/s1. The molecule has 1 aromatic carbocycles. The van der Waals surface area contributed by atoms with Gasteiger partial charge in [-0.3, -0.25) is 19.1 Å². The highest BCUT2D eigenvalue weighted by Crippen LogP contribution is 2.18. The molecule has 0 fully saturated rings. The van der Waals surface area contributed by atoms with Crippen LogP contribution in [0.25, 0.3) is 0 Å². The molecule has 0 bridgehead atoms. The van der Waals surface area contributed by atoms with Crippen molar-refractivity contribution in [1.29, 1.82) is 0 Å². The molecule has 26 heavy (non-hydrogen) atoms. The van der Waals surface area contributed by atoms with Crippen LogP contribution in [-0.2, 0) is 21.4 Å². The first-order chi connectivity index (χ1) is 12.3. The molecule has 138 valence electrons. The predicted octanol–water partition coefficient (Wildman–Crippen LogP) is 2.57. The van der Waals surface area contributed by atoms with Gasteiger partial charge in [0.25, 0.3) is 5.91 Å². The highest BCUT2D eigenvalue weighted by atomic mass is 16.5. The zero-order valence-electron chi connectivity index (χ0n) is 15.4. The first-order valence-electron chi connectivity index (χ1n) is 8.38. The van der Waals surface area contributed by atoms with Gasteiger partial charge in [-0.15, -0.1) is 0 Å². The minimum Gasteiger partial charge on any atom is -0.453 e.